The number of anilines is 1. The second-order valence-electron chi connectivity index (χ2n) is 5.88. The third-order valence-electron chi connectivity index (χ3n) is 4.60. The molecular weight excluding hydrogens is 264 g/mol. The molecule has 1 amide bonds. The molecule has 2 aliphatic rings. The Morgan fingerprint density at radius 1 is 1.19 bits per heavy atom. The van der Waals surface area contributed by atoms with E-state index in [4.69, 9.17) is 0 Å². The Hall–Kier alpha value is -2.17. The molecule has 1 N–H and O–H groups in total. The molecule has 1 aromatic carbocycles. The lowest BCUT2D eigenvalue weighted by Gasteiger charge is -2.33. The van der Waals surface area contributed by atoms with E-state index in [-0.39, 0.29) is 11.8 Å². The summed E-state index contributed by atoms with van der Waals surface area (Å²) >= 11 is 0. The van der Waals surface area contributed by atoms with Gasteiger partial charge in [-0.15, -0.1) is 0 Å². The number of fused-ring (bicyclic) bond motifs is 2. The molecule has 0 saturated carbocycles. The van der Waals surface area contributed by atoms with Gasteiger partial charge in [-0.25, -0.2) is 0 Å². The number of benzene rings is 1. The number of carbonyl (C=O) groups is 1. The van der Waals surface area contributed by atoms with Crippen LogP contribution in [0.3, 0.4) is 0 Å². The van der Waals surface area contributed by atoms with Gasteiger partial charge in [0.1, 0.15) is 0 Å². The minimum atomic E-state index is 0.0359. The Morgan fingerprint density at radius 3 is 3.00 bits per heavy atom. The van der Waals surface area contributed by atoms with Crippen molar-refractivity contribution in [2.75, 3.05) is 11.4 Å². The average Bonchev–Trinajstić information content (AvgIpc) is 3.01. The highest BCUT2D eigenvalue weighted by molar-refractivity contribution is 5.96. The molecule has 1 aromatic heterocycles. The number of amides is 1. The zero-order chi connectivity index (χ0) is 14.2. The smallest absolute Gasteiger partial charge is 0.230 e. The molecule has 2 heterocycles. The molecule has 2 aromatic rings. The van der Waals surface area contributed by atoms with Crippen molar-refractivity contribution in [2.24, 2.45) is 5.92 Å². The zero-order valence-corrected chi connectivity index (χ0v) is 11.9. The molecule has 5 nitrogen and oxygen atoms in total. The lowest BCUT2D eigenvalue weighted by molar-refractivity contribution is -0.122. The van der Waals surface area contributed by atoms with Crippen molar-refractivity contribution in [3.63, 3.8) is 0 Å². The maximum Gasteiger partial charge on any atom is 0.230 e. The molecular formula is C16H18N4O. The molecule has 4 rings (SSSR count). The van der Waals surface area contributed by atoms with Gasteiger partial charge < -0.3 is 4.90 Å². The highest BCUT2D eigenvalue weighted by Crippen LogP contribution is 2.31. The van der Waals surface area contributed by atoms with E-state index in [1.165, 1.54) is 5.56 Å². The van der Waals surface area contributed by atoms with Crippen LogP contribution in [0.2, 0.25) is 0 Å². The molecule has 1 aliphatic carbocycles. The fraction of sp³-hybridized carbons (Fsp3) is 0.438. The zero-order valence-electron chi connectivity index (χ0n) is 11.9. The predicted molar refractivity (Wildman–Crippen MR) is 79.0 cm³/mol. The summed E-state index contributed by atoms with van der Waals surface area (Å²) < 4.78 is 0. The van der Waals surface area contributed by atoms with Crippen LogP contribution in [-0.4, -0.2) is 27.9 Å². The molecule has 0 bridgehead atoms. The first-order valence-corrected chi connectivity index (χ1v) is 7.61. The number of aryl methyl sites for hydroxylation is 2. The SMILES string of the molecule is O=C(C1CCc2n[nH]nc2C1)N1CCCc2ccccc21. The van der Waals surface area contributed by atoms with Gasteiger partial charge in [-0.3, -0.25) is 4.79 Å². The van der Waals surface area contributed by atoms with Gasteiger partial charge in [0.2, 0.25) is 5.91 Å². The summed E-state index contributed by atoms with van der Waals surface area (Å²) in [7, 11) is 0. The van der Waals surface area contributed by atoms with Crippen molar-refractivity contribution in [1.29, 1.82) is 0 Å². The van der Waals surface area contributed by atoms with Crippen molar-refractivity contribution < 1.29 is 4.79 Å². The molecule has 0 saturated heterocycles. The summed E-state index contributed by atoms with van der Waals surface area (Å²) in [6, 6.07) is 8.26. The van der Waals surface area contributed by atoms with Crippen LogP contribution < -0.4 is 4.90 Å². The molecule has 0 spiro atoms. The lowest BCUT2D eigenvalue weighted by atomic mass is 9.88. The largest absolute Gasteiger partial charge is 0.312 e. The number of nitrogens with one attached hydrogen (secondary N) is 1. The highest BCUT2D eigenvalue weighted by atomic mass is 16.2. The topological polar surface area (TPSA) is 61.9 Å². The number of aromatic nitrogens is 3. The summed E-state index contributed by atoms with van der Waals surface area (Å²) in [6.07, 6.45) is 4.54. The summed E-state index contributed by atoms with van der Waals surface area (Å²) in [5, 5.41) is 11.0. The standard InChI is InChI=1S/C16H18N4O/c21-16(12-7-8-13-14(10-12)18-19-17-13)20-9-3-5-11-4-1-2-6-15(11)20/h1-2,4,6,12H,3,5,7-10H2,(H,17,18,19). The Morgan fingerprint density at radius 2 is 2.05 bits per heavy atom. The van der Waals surface area contributed by atoms with E-state index in [0.717, 1.165) is 49.3 Å². The van der Waals surface area contributed by atoms with Crippen molar-refractivity contribution in [3.05, 3.63) is 41.2 Å². The van der Waals surface area contributed by atoms with E-state index in [0.29, 0.717) is 6.42 Å². The number of H-pyrrole nitrogens is 1. The second-order valence-corrected chi connectivity index (χ2v) is 5.88. The normalized spacial score (nSPS) is 20.8. The maximum atomic E-state index is 12.9. The molecule has 0 radical (unpaired) electrons. The van der Waals surface area contributed by atoms with Gasteiger partial charge in [0.25, 0.3) is 0 Å². The predicted octanol–water partition coefficient (Wildman–Crippen LogP) is 1.89. The quantitative estimate of drug-likeness (QED) is 0.869. The Labute approximate surface area is 123 Å². The monoisotopic (exact) mass is 282 g/mol. The van der Waals surface area contributed by atoms with Gasteiger partial charge in [-0.2, -0.15) is 15.4 Å². The molecule has 108 valence electrons. The van der Waals surface area contributed by atoms with Gasteiger partial charge in [-0.05, 0) is 37.3 Å². The van der Waals surface area contributed by atoms with E-state index >= 15 is 0 Å². The van der Waals surface area contributed by atoms with Gasteiger partial charge in [0, 0.05) is 24.6 Å². The Kier molecular flexibility index (Phi) is 2.98. The van der Waals surface area contributed by atoms with Crippen molar-refractivity contribution in [3.8, 4) is 0 Å². The Bertz CT molecular complexity index is 678. The van der Waals surface area contributed by atoms with E-state index in [1.54, 1.807) is 0 Å². The molecule has 5 heteroatoms. The van der Waals surface area contributed by atoms with E-state index in [9.17, 15) is 4.79 Å². The van der Waals surface area contributed by atoms with E-state index in [2.05, 4.69) is 33.6 Å². The first kappa shape index (κ1) is 12.6. The fourth-order valence-electron chi connectivity index (χ4n) is 3.48. The van der Waals surface area contributed by atoms with E-state index in [1.807, 2.05) is 11.0 Å². The summed E-state index contributed by atoms with van der Waals surface area (Å²) in [6.45, 7) is 0.831. The fourth-order valence-corrected chi connectivity index (χ4v) is 3.48. The van der Waals surface area contributed by atoms with Gasteiger partial charge in [0.05, 0.1) is 11.4 Å². The van der Waals surface area contributed by atoms with Crippen LogP contribution in [0, 0.1) is 5.92 Å². The van der Waals surface area contributed by atoms with Gasteiger partial charge in [0.15, 0.2) is 0 Å². The third kappa shape index (κ3) is 2.13. The van der Waals surface area contributed by atoms with Crippen LogP contribution in [0.5, 0.6) is 0 Å². The first-order valence-electron chi connectivity index (χ1n) is 7.61. The minimum absolute atomic E-state index is 0.0359. The second kappa shape index (κ2) is 4.98. The summed E-state index contributed by atoms with van der Waals surface area (Å²) in [5.74, 6) is 0.282. The van der Waals surface area contributed by atoms with Crippen LogP contribution in [0.4, 0.5) is 5.69 Å². The maximum absolute atomic E-state index is 12.9. The lowest BCUT2D eigenvalue weighted by Crippen LogP contribution is -2.41. The Balaban J connectivity index is 1.59. The molecule has 0 fully saturated rings. The third-order valence-corrected chi connectivity index (χ3v) is 4.60. The number of para-hydroxylation sites is 1. The number of hydrogen-bond acceptors (Lipinski definition) is 3. The minimum Gasteiger partial charge on any atom is -0.312 e. The van der Waals surface area contributed by atoms with Crippen LogP contribution in [0.1, 0.15) is 29.8 Å². The first-order chi connectivity index (χ1) is 10.3. The molecule has 1 aliphatic heterocycles. The van der Waals surface area contributed by atoms with Crippen LogP contribution >= 0.6 is 0 Å². The number of carbonyl (C=O) groups excluding carboxylic acids is 1. The van der Waals surface area contributed by atoms with Crippen LogP contribution in [-0.2, 0) is 24.1 Å². The molecule has 21 heavy (non-hydrogen) atoms. The highest BCUT2D eigenvalue weighted by Gasteiger charge is 2.32. The van der Waals surface area contributed by atoms with Crippen LogP contribution in [0.25, 0.3) is 0 Å². The average molecular weight is 282 g/mol. The number of nitrogens with zero attached hydrogens (tertiary/aromatic N) is 3. The van der Waals surface area contributed by atoms with Crippen molar-refractivity contribution in [1.82, 2.24) is 15.4 Å². The summed E-state index contributed by atoms with van der Waals surface area (Å²) in [5.41, 5.74) is 4.37. The van der Waals surface area contributed by atoms with Crippen molar-refractivity contribution in [2.45, 2.75) is 32.1 Å². The van der Waals surface area contributed by atoms with Crippen LogP contribution in [0.15, 0.2) is 24.3 Å². The molecule has 1 unspecified atom stereocenters. The van der Waals surface area contributed by atoms with Gasteiger partial charge in [-0.1, -0.05) is 18.2 Å². The van der Waals surface area contributed by atoms with E-state index < -0.39 is 0 Å². The van der Waals surface area contributed by atoms with Gasteiger partial charge >= 0.3 is 0 Å². The molecule has 1 atom stereocenters. The number of hydrogen-bond donors (Lipinski definition) is 1. The van der Waals surface area contributed by atoms with Crippen molar-refractivity contribution >= 4 is 11.6 Å². The summed E-state index contributed by atoms with van der Waals surface area (Å²) in [4.78, 5) is 14.9. The number of rotatable bonds is 1. The number of aromatic amines is 1.